The first-order valence-corrected chi connectivity index (χ1v) is 6.49. The van der Waals surface area contributed by atoms with Crippen molar-refractivity contribution in [2.24, 2.45) is 0 Å². The number of rotatable bonds is 2. The van der Waals surface area contributed by atoms with Crippen LogP contribution < -0.4 is 10.6 Å². The molecule has 0 radical (unpaired) electrons. The molecule has 2 rings (SSSR count). The molecule has 18 heavy (non-hydrogen) atoms. The molecule has 1 aromatic carbocycles. The third kappa shape index (κ3) is 2.58. The van der Waals surface area contributed by atoms with E-state index in [4.69, 9.17) is 5.73 Å². The van der Waals surface area contributed by atoms with E-state index < -0.39 is 5.97 Å². The molecule has 0 bridgehead atoms. The predicted octanol–water partition coefficient (Wildman–Crippen LogP) is 2.74. The van der Waals surface area contributed by atoms with Crippen molar-refractivity contribution >= 4 is 17.3 Å². The highest BCUT2D eigenvalue weighted by Gasteiger charge is 2.22. The molecule has 1 heterocycles. The Morgan fingerprint density at radius 2 is 2.17 bits per heavy atom. The highest BCUT2D eigenvalue weighted by atomic mass is 16.4. The lowest BCUT2D eigenvalue weighted by Crippen LogP contribution is -2.33. The Bertz CT molecular complexity index is 445. The van der Waals surface area contributed by atoms with Gasteiger partial charge in [-0.15, -0.1) is 0 Å². The van der Waals surface area contributed by atoms with Crippen LogP contribution in [-0.4, -0.2) is 23.7 Å². The zero-order valence-electron chi connectivity index (χ0n) is 10.7. The quantitative estimate of drug-likeness (QED) is 0.790. The van der Waals surface area contributed by atoms with Crippen LogP contribution in [-0.2, 0) is 0 Å². The van der Waals surface area contributed by atoms with Gasteiger partial charge in [0.25, 0.3) is 0 Å². The minimum absolute atomic E-state index is 0.345. The highest BCUT2D eigenvalue weighted by Crippen LogP contribution is 2.29. The molecular weight excluding hydrogens is 228 g/mol. The van der Waals surface area contributed by atoms with Gasteiger partial charge >= 0.3 is 5.97 Å². The number of hydrogen-bond acceptors (Lipinski definition) is 3. The van der Waals surface area contributed by atoms with Crippen LogP contribution >= 0.6 is 0 Å². The highest BCUT2D eigenvalue weighted by molar-refractivity contribution is 5.95. The zero-order valence-corrected chi connectivity index (χ0v) is 10.7. The summed E-state index contributed by atoms with van der Waals surface area (Å²) in [5.74, 6) is -0.888. The van der Waals surface area contributed by atoms with E-state index in [0.717, 1.165) is 25.1 Å². The van der Waals surface area contributed by atoms with Crippen LogP contribution in [0.4, 0.5) is 11.4 Å². The third-order valence-corrected chi connectivity index (χ3v) is 3.61. The average Bonchev–Trinajstić information content (AvgIpc) is 2.53. The molecule has 3 N–H and O–H groups in total. The largest absolute Gasteiger partial charge is 0.478 e. The molecule has 1 unspecified atom stereocenters. The number of aromatic carboxylic acids is 1. The monoisotopic (exact) mass is 248 g/mol. The standard InChI is InChI=1S/C14H20N2O2/c1-10-5-3-2-4-8-16(10)13-9-11(15)6-7-12(13)14(17)18/h6-7,9-10H,2-5,8,15H2,1H3,(H,17,18). The van der Waals surface area contributed by atoms with Gasteiger partial charge in [0.1, 0.15) is 0 Å². The molecule has 0 aromatic heterocycles. The summed E-state index contributed by atoms with van der Waals surface area (Å²) < 4.78 is 0. The average molecular weight is 248 g/mol. The molecule has 98 valence electrons. The first-order chi connectivity index (χ1) is 8.59. The number of nitrogens with zero attached hydrogens (tertiary/aromatic N) is 1. The van der Waals surface area contributed by atoms with Crippen molar-refractivity contribution in [2.45, 2.75) is 38.6 Å². The van der Waals surface area contributed by atoms with Gasteiger partial charge in [0, 0.05) is 18.3 Å². The first-order valence-electron chi connectivity index (χ1n) is 6.49. The van der Waals surface area contributed by atoms with Gasteiger partial charge in [-0.2, -0.15) is 0 Å². The summed E-state index contributed by atoms with van der Waals surface area (Å²) in [6.45, 7) is 3.06. The van der Waals surface area contributed by atoms with Gasteiger partial charge in [0.15, 0.2) is 0 Å². The fourth-order valence-corrected chi connectivity index (χ4v) is 2.60. The summed E-state index contributed by atoms with van der Waals surface area (Å²) in [5.41, 5.74) is 7.52. The summed E-state index contributed by atoms with van der Waals surface area (Å²) in [6.07, 6.45) is 4.64. The van der Waals surface area contributed by atoms with E-state index in [1.807, 2.05) is 0 Å². The summed E-state index contributed by atoms with van der Waals surface area (Å²) in [6, 6.07) is 5.40. The van der Waals surface area contributed by atoms with Gasteiger partial charge in [-0.25, -0.2) is 4.79 Å². The van der Waals surface area contributed by atoms with E-state index in [2.05, 4.69) is 11.8 Å². The molecule has 1 atom stereocenters. The van der Waals surface area contributed by atoms with Crippen molar-refractivity contribution in [3.8, 4) is 0 Å². The molecule has 0 aliphatic carbocycles. The van der Waals surface area contributed by atoms with Crippen LogP contribution in [0.15, 0.2) is 18.2 Å². The van der Waals surface area contributed by atoms with Crippen LogP contribution in [0.5, 0.6) is 0 Å². The van der Waals surface area contributed by atoms with Crippen LogP contribution in [0, 0.1) is 0 Å². The molecule has 1 aliphatic rings. The van der Waals surface area contributed by atoms with E-state index in [0.29, 0.717) is 17.3 Å². The lowest BCUT2D eigenvalue weighted by Gasteiger charge is -2.30. The number of carbonyl (C=O) groups is 1. The number of anilines is 2. The number of carboxylic acids is 1. The molecule has 0 saturated carbocycles. The lowest BCUT2D eigenvalue weighted by molar-refractivity contribution is 0.0697. The van der Waals surface area contributed by atoms with Crippen LogP contribution in [0.3, 0.4) is 0 Å². The van der Waals surface area contributed by atoms with Crippen LogP contribution in [0.1, 0.15) is 43.0 Å². The molecule has 4 nitrogen and oxygen atoms in total. The minimum atomic E-state index is -0.888. The SMILES string of the molecule is CC1CCCCCN1c1cc(N)ccc1C(=O)O. The fraction of sp³-hybridized carbons (Fsp3) is 0.500. The van der Waals surface area contributed by atoms with E-state index in [1.165, 1.54) is 12.8 Å². The van der Waals surface area contributed by atoms with Crippen molar-refractivity contribution in [2.75, 3.05) is 17.2 Å². The topological polar surface area (TPSA) is 66.6 Å². The third-order valence-electron chi connectivity index (χ3n) is 3.61. The zero-order chi connectivity index (χ0) is 13.1. The van der Waals surface area contributed by atoms with Crippen molar-refractivity contribution in [3.05, 3.63) is 23.8 Å². The molecular formula is C14H20N2O2. The summed E-state index contributed by atoms with van der Waals surface area (Å²) in [5, 5.41) is 9.28. The van der Waals surface area contributed by atoms with Gasteiger partial charge in [-0.3, -0.25) is 0 Å². The summed E-state index contributed by atoms with van der Waals surface area (Å²) >= 11 is 0. The number of benzene rings is 1. The second kappa shape index (κ2) is 5.29. The minimum Gasteiger partial charge on any atom is -0.478 e. The van der Waals surface area contributed by atoms with Crippen molar-refractivity contribution in [1.29, 1.82) is 0 Å². The Labute approximate surface area is 107 Å². The van der Waals surface area contributed by atoms with Gasteiger partial charge in [-0.1, -0.05) is 12.8 Å². The number of nitrogen functional groups attached to an aromatic ring is 1. The van der Waals surface area contributed by atoms with Gasteiger partial charge in [0.05, 0.1) is 11.3 Å². The van der Waals surface area contributed by atoms with E-state index in [9.17, 15) is 9.90 Å². The smallest absolute Gasteiger partial charge is 0.337 e. The second-order valence-electron chi connectivity index (χ2n) is 4.97. The summed E-state index contributed by atoms with van der Waals surface area (Å²) in [7, 11) is 0. The summed E-state index contributed by atoms with van der Waals surface area (Å²) in [4.78, 5) is 13.5. The Morgan fingerprint density at radius 3 is 2.89 bits per heavy atom. The van der Waals surface area contributed by atoms with Gasteiger partial charge < -0.3 is 15.7 Å². The maximum absolute atomic E-state index is 11.3. The Morgan fingerprint density at radius 1 is 1.39 bits per heavy atom. The van der Waals surface area contributed by atoms with Crippen molar-refractivity contribution < 1.29 is 9.90 Å². The fourth-order valence-electron chi connectivity index (χ4n) is 2.60. The molecule has 1 saturated heterocycles. The molecule has 1 fully saturated rings. The molecule has 1 aromatic rings. The lowest BCUT2D eigenvalue weighted by atomic mass is 10.1. The van der Waals surface area contributed by atoms with Gasteiger partial charge in [-0.05, 0) is 38.0 Å². The van der Waals surface area contributed by atoms with E-state index in [-0.39, 0.29) is 0 Å². The van der Waals surface area contributed by atoms with Crippen molar-refractivity contribution in [1.82, 2.24) is 0 Å². The Kier molecular flexibility index (Phi) is 3.75. The molecule has 4 heteroatoms. The Balaban J connectivity index is 2.40. The maximum Gasteiger partial charge on any atom is 0.337 e. The van der Waals surface area contributed by atoms with Crippen molar-refractivity contribution in [3.63, 3.8) is 0 Å². The van der Waals surface area contributed by atoms with E-state index >= 15 is 0 Å². The number of nitrogens with two attached hydrogens (primary N) is 1. The van der Waals surface area contributed by atoms with Gasteiger partial charge in [0.2, 0.25) is 0 Å². The normalized spacial score (nSPS) is 20.5. The molecule has 1 aliphatic heterocycles. The number of hydrogen-bond donors (Lipinski definition) is 2. The molecule has 0 spiro atoms. The molecule has 0 amide bonds. The van der Waals surface area contributed by atoms with Crippen LogP contribution in [0.25, 0.3) is 0 Å². The van der Waals surface area contributed by atoms with Crippen LogP contribution in [0.2, 0.25) is 0 Å². The Hall–Kier alpha value is -1.71. The predicted molar refractivity (Wildman–Crippen MR) is 73.1 cm³/mol. The second-order valence-corrected chi connectivity index (χ2v) is 4.97. The van der Waals surface area contributed by atoms with E-state index in [1.54, 1.807) is 18.2 Å². The maximum atomic E-state index is 11.3. The first kappa shape index (κ1) is 12.7. The number of carboxylic acid groups (broad SMARTS) is 1.